The molecular formula is C43H83N5O5. The summed E-state index contributed by atoms with van der Waals surface area (Å²) in [5.41, 5.74) is 0. The Morgan fingerprint density at radius 2 is 0.830 bits per heavy atom. The second kappa shape index (κ2) is 35.1. The first kappa shape index (κ1) is 50.4. The van der Waals surface area contributed by atoms with E-state index in [1.807, 2.05) is 6.92 Å². The van der Waals surface area contributed by atoms with Crippen LogP contribution < -0.4 is 26.6 Å². The van der Waals surface area contributed by atoms with Crippen LogP contribution in [0.4, 0.5) is 0 Å². The lowest BCUT2D eigenvalue weighted by Crippen LogP contribution is -2.54. The number of rotatable bonds is 36. The fourth-order valence-electron chi connectivity index (χ4n) is 6.70. The van der Waals surface area contributed by atoms with Crippen LogP contribution in [0, 0.1) is 5.92 Å². The first-order valence-corrected chi connectivity index (χ1v) is 22.0. The van der Waals surface area contributed by atoms with Gasteiger partial charge in [0.1, 0.15) is 12.1 Å². The van der Waals surface area contributed by atoms with Crippen LogP contribution in [0.5, 0.6) is 0 Å². The topological polar surface area (TPSA) is 146 Å². The Bertz CT molecular complexity index is 961. The molecular weight excluding hydrogens is 667 g/mol. The second-order valence-corrected chi connectivity index (χ2v) is 15.5. The molecule has 0 radical (unpaired) electrons. The van der Waals surface area contributed by atoms with E-state index in [2.05, 4.69) is 61.2 Å². The van der Waals surface area contributed by atoms with Gasteiger partial charge in [0.25, 0.3) is 0 Å². The molecule has 0 bridgehead atoms. The summed E-state index contributed by atoms with van der Waals surface area (Å²) in [7, 11) is 0. The third kappa shape index (κ3) is 30.4. The molecule has 53 heavy (non-hydrogen) atoms. The van der Waals surface area contributed by atoms with Gasteiger partial charge in [-0.05, 0) is 77.0 Å². The Balaban J connectivity index is 5.15. The molecule has 0 aromatic heterocycles. The highest BCUT2D eigenvalue weighted by atomic mass is 16.2. The first-order chi connectivity index (χ1) is 25.6. The lowest BCUT2D eigenvalue weighted by molar-refractivity contribution is -0.132. The number of hydrogen-bond acceptors (Lipinski definition) is 5. The minimum absolute atomic E-state index is 0.0222. The highest BCUT2D eigenvalue weighted by Gasteiger charge is 2.27. The van der Waals surface area contributed by atoms with E-state index in [1.165, 1.54) is 38.5 Å². The lowest BCUT2D eigenvalue weighted by atomic mass is 9.98. The van der Waals surface area contributed by atoms with Gasteiger partial charge in [0, 0.05) is 38.4 Å². The molecule has 0 aromatic carbocycles. The minimum atomic E-state index is -0.764. The van der Waals surface area contributed by atoms with Crippen LogP contribution in [0.1, 0.15) is 208 Å². The molecule has 0 saturated heterocycles. The van der Waals surface area contributed by atoms with Crippen molar-refractivity contribution in [3.8, 4) is 0 Å². The molecule has 0 spiro atoms. The number of nitrogens with one attached hydrogen (secondary N) is 5. The van der Waals surface area contributed by atoms with E-state index in [0.29, 0.717) is 76.8 Å². The van der Waals surface area contributed by atoms with Crippen molar-refractivity contribution in [1.82, 2.24) is 26.6 Å². The van der Waals surface area contributed by atoms with Crippen LogP contribution in [0.3, 0.4) is 0 Å². The van der Waals surface area contributed by atoms with E-state index in [4.69, 9.17) is 0 Å². The van der Waals surface area contributed by atoms with Crippen LogP contribution in [-0.4, -0.2) is 60.8 Å². The van der Waals surface area contributed by atoms with E-state index >= 15 is 0 Å². The predicted molar refractivity (Wildman–Crippen MR) is 219 cm³/mol. The van der Waals surface area contributed by atoms with Crippen molar-refractivity contribution >= 4 is 29.5 Å². The van der Waals surface area contributed by atoms with Crippen molar-refractivity contribution in [3.63, 3.8) is 0 Å². The Labute approximate surface area is 325 Å². The lowest BCUT2D eigenvalue weighted by Gasteiger charge is -2.25. The van der Waals surface area contributed by atoms with Crippen molar-refractivity contribution in [3.05, 3.63) is 0 Å². The van der Waals surface area contributed by atoms with Gasteiger partial charge in [-0.25, -0.2) is 0 Å². The van der Waals surface area contributed by atoms with E-state index < -0.39 is 12.1 Å². The number of carbonyl (C=O) groups is 5. The van der Waals surface area contributed by atoms with Crippen LogP contribution in [0.2, 0.25) is 0 Å². The molecule has 0 saturated carbocycles. The number of unbranched alkanes of at least 4 members (excludes halogenated alkanes) is 11. The minimum Gasteiger partial charge on any atom is -0.356 e. The summed E-state index contributed by atoms with van der Waals surface area (Å²) < 4.78 is 0. The number of hydrogen-bond donors (Lipinski definition) is 5. The zero-order chi connectivity index (χ0) is 39.5. The van der Waals surface area contributed by atoms with Crippen LogP contribution >= 0.6 is 0 Å². The molecule has 0 heterocycles. The molecule has 10 nitrogen and oxygen atoms in total. The zero-order valence-corrected chi connectivity index (χ0v) is 35.1. The van der Waals surface area contributed by atoms with E-state index in [-0.39, 0.29) is 35.6 Å². The highest BCUT2D eigenvalue weighted by Crippen LogP contribution is 2.15. The summed E-state index contributed by atoms with van der Waals surface area (Å²) in [4.78, 5) is 64.7. The monoisotopic (exact) mass is 750 g/mol. The zero-order valence-electron chi connectivity index (χ0n) is 35.1. The van der Waals surface area contributed by atoms with Gasteiger partial charge < -0.3 is 26.6 Å². The third-order valence-electron chi connectivity index (χ3n) is 10.0. The van der Waals surface area contributed by atoms with Gasteiger partial charge in [-0.1, -0.05) is 118 Å². The SMILES string of the molecule is CCCCCCCCC(=O)NCCCCC(NC(=O)CCCCCC)C(=O)NC(CCCCNC(=O)CCCCC(C)CCC)C(=O)NC(C)CCC. The molecule has 5 amide bonds. The molecule has 0 fully saturated rings. The molecule has 0 aliphatic carbocycles. The van der Waals surface area contributed by atoms with Crippen molar-refractivity contribution in [1.29, 1.82) is 0 Å². The quantitative estimate of drug-likeness (QED) is 0.0408. The fraction of sp³-hybridized carbons (Fsp3) is 0.884. The standard InChI is InChI=1S/C43H83N5O5/c1-7-11-13-15-16-18-30-39(49)44-33-23-21-28-37(47-41(51)32-17-14-12-8-2)43(53)48-38(42(52)46-36(6)26-10-4)29-22-24-34-45-40(50)31-20-19-27-35(5)25-9-3/h35-38H,7-34H2,1-6H3,(H,44,49)(H,45,50)(H,46,52)(H,47,51)(H,48,53). The Morgan fingerprint density at radius 1 is 0.396 bits per heavy atom. The summed E-state index contributed by atoms with van der Waals surface area (Å²) >= 11 is 0. The smallest absolute Gasteiger partial charge is 0.243 e. The second-order valence-electron chi connectivity index (χ2n) is 15.5. The van der Waals surface area contributed by atoms with Crippen molar-refractivity contribution < 1.29 is 24.0 Å². The van der Waals surface area contributed by atoms with Gasteiger partial charge in [-0.3, -0.25) is 24.0 Å². The molecule has 310 valence electrons. The first-order valence-electron chi connectivity index (χ1n) is 22.0. The normalized spacial score (nSPS) is 13.4. The van der Waals surface area contributed by atoms with Crippen LogP contribution in [-0.2, 0) is 24.0 Å². The number of amides is 5. The molecule has 4 atom stereocenters. The van der Waals surface area contributed by atoms with Crippen molar-refractivity contribution in [2.24, 2.45) is 5.92 Å². The largest absolute Gasteiger partial charge is 0.356 e. The van der Waals surface area contributed by atoms with Gasteiger partial charge in [-0.15, -0.1) is 0 Å². The third-order valence-corrected chi connectivity index (χ3v) is 10.0. The summed E-state index contributed by atoms with van der Waals surface area (Å²) in [6.45, 7) is 13.9. The van der Waals surface area contributed by atoms with E-state index in [9.17, 15) is 24.0 Å². The average Bonchev–Trinajstić information content (AvgIpc) is 3.12. The summed E-state index contributed by atoms with van der Waals surface area (Å²) in [6.07, 6.45) is 23.0. The average molecular weight is 750 g/mol. The van der Waals surface area contributed by atoms with Crippen molar-refractivity contribution in [2.75, 3.05) is 13.1 Å². The Hall–Kier alpha value is -2.65. The van der Waals surface area contributed by atoms with Gasteiger partial charge in [-0.2, -0.15) is 0 Å². The van der Waals surface area contributed by atoms with E-state index in [1.54, 1.807) is 0 Å². The molecule has 0 aliphatic rings. The maximum atomic E-state index is 13.7. The summed E-state index contributed by atoms with van der Waals surface area (Å²) in [5, 5.41) is 15.0. The molecule has 0 aliphatic heterocycles. The van der Waals surface area contributed by atoms with Crippen LogP contribution in [0.15, 0.2) is 0 Å². The summed E-state index contributed by atoms with van der Waals surface area (Å²) in [6, 6.07) is -1.53. The highest BCUT2D eigenvalue weighted by molar-refractivity contribution is 5.92. The van der Waals surface area contributed by atoms with Gasteiger partial charge in [0.2, 0.25) is 29.5 Å². The Morgan fingerprint density at radius 3 is 1.38 bits per heavy atom. The Kier molecular flexibility index (Phi) is 33.3. The molecule has 4 unspecified atom stereocenters. The van der Waals surface area contributed by atoms with Crippen molar-refractivity contribution in [2.45, 2.75) is 227 Å². The molecule has 0 aromatic rings. The fourth-order valence-corrected chi connectivity index (χ4v) is 6.70. The number of carbonyl (C=O) groups excluding carboxylic acids is 5. The maximum absolute atomic E-state index is 13.7. The van der Waals surface area contributed by atoms with E-state index in [0.717, 1.165) is 70.6 Å². The van der Waals surface area contributed by atoms with Gasteiger partial charge in [0.15, 0.2) is 0 Å². The maximum Gasteiger partial charge on any atom is 0.243 e. The molecule has 0 rings (SSSR count). The summed E-state index contributed by atoms with van der Waals surface area (Å²) in [5.74, 6) is 0.0991. The van der Waals surface area contributed by atoms with Gasteiger partial charge >= 0.3 is 0 Å². The van der Waals surface area contributed by atoms with Gasteiger partial charge in [0.05, 0.1) is 0 Å². The molecule has 10 heteroatoms. The molecule has 5 N–H and O–H groups in total. The predicted octanol–water partition coefficient (Wildman–Crippen LogP) is 8.55. The van der Waals surface area contributed by atoms with Crippen LogP contribution in [0.25, 0.3) is 0 Å².